The van der Waals surface area contributed by atoms with Crippen LogP contribution < -0.4 is 5.32 Å². The molecule has 2 aromatic rings. The fraction of sp³-hybridized carbons (Fsp3) is 0.200. The summed E-state index contributed by atoms with van der Waals surface area (Å²) in [6.07, 6.45) is 1.72. The van der Waals surface area contributed by atoms with Crippen molar-refractivity contribution in [3.8, 4) is 0 Å². The third-order valence-electron chi connectivity index (χ3n) is 3.54. The average molecular weight is 342 g/mol. The van der Waals surface area contributed by atoms with E-state index in [0.29, 0.717) is 0 Å². The van der Waals surface area contributed by atoms with Crippen LogP contribution >= 0.6 is 15.9 Å². The lowest BCUT2D eigenvalue weighted by molar-refractivity contribution is 0.447. The molecule has 0 fully saturated rings. The van der Waals surface area contributed by atoms with Crippen molar-refractivity contribution in [1.82, 2.24) is 0 Å². The van der Waals surface area contributed by atoms with Crippen LogP contribution in [0.4, 0.5) is 18.9 Å². The molecule has 0 amide bonds. The summed E-state index contributed by atoms with van der Waals surface area (Å²) in [4.78, 5) is 0. The van der Waals surface area contributed by atoms with Crippen LogP contribution in [0.25, 0.3) is 0 Å². The highest BCUT2D eigenvalue weighted by Crippen LogP contribution is 2.37. The van der Waals surface area contributed by atoms with Gasteiger partial charge in [-0.15, -0.1) is 0 Å². The lowest BCUT2D eigenvalue weighted by Gasteiger charge is -2.16. The molecular weight excluding hydrogens is 331 g/mol. The van der Waals surface area contributed by atoms with E-state index < -0.39 is 17.5 Å². The topological polar surface area (TPSA) is 12.0 Å². The molecule has 0 aromatic heterocycles. The van der Waals surface area contributed by atoms with E-state index in [-0.39, 0.29) is 11.7 Å². The molecule has 0 bridgehead atoms. The van der Waals surface area contributed by atoms with Gasteiger partial charge in [0.15, 0.2) is 17.5 Å². The quantitative estimate of drug-likeness (QED) is 0.760. The largest absolute Gasteiger partial charge is 0.378 e. The normalized spacial score (nSPS) is 17.1. The summed E-state index contributed by atoms with van der Waals surface area (Å²) in [5.41, 5.74) is 2.55. The van der Waals surface area contributed by atoms with Gasteiger partial charge in [0.2, 0.25) is 0 Å². The van der Waals surface area contributed by atoms with Crippen molar-refractivity contribution in [3.63, 3.8) is 0 Å². The van der Waals surface area contributed by atoms with E-state index in [2.05, 4.69) is 21.2 Å². The molecular formula is C15H11BrF3N. The third kappa shape index (κ3) is 2.30. The Bertz CT molecular complexity index is 649. The van der Waals surface area contributed by atoms with Crippen molar-refractivity contribution in [2.24, 2.45) is 0 Å². The lowest BCUT2D eigenvalue weighted by atomic mass is 10.1. The third-order valence-corrected chi connectivity index (χ3v) is 4.28. The fourth-order valence-electron chi connectivity index (χ4n) is 2.60. The minimum atomic E-state index is -1.44. The van der Waals surface area contributed by atoms with Crippen molar-refractivity contribution in [2.45, 2.75) is 18.9 Å². The molecule has 3 rings (SSSR count). The van der Waals surface area contributed by atoms with E-state index in [0.717, 1.165) is 35.0 Å². The molecule has 1 aliphatic carbocycles. The molecule has 2 aromatic carbocycles. The summed E-state index contributed by atoms with van der Waals surface area (Å²) in [6.45, 7) is 0. The second-order valence-corrected chi connectivity index (χ2v) is 5.65. The first-order valence-electron chi connectivity index (χ1n) is 6.24. The fourth-order valence-corrected chi connectivity index (χ4v) is 3.18. The number of halogens is 4. The van der Waals surface area contributed by atoms with Crippen molar-refractivity contribution < 1.29 is 13.2 Å². The zero-order chi connectivity index (χ0) is 14.3. The highest BCUT2D eigenvalue weighted by molar-refractivity contribution is 9.10. The SMILES string of the molecule is Fc1cc(NC2CCc3c(Br)cccc32)cc(F)c1F. The molecule has 0 heterocycles. The van der Waals surface area contributed by atoms with Crippen LogP contribution in [0.15, 0.2) is 34.8 Å². The molecule has 0 saturated carbocycles. The zero-order valence-electron chi connectivity index (χ0n) is 10.4. The summed E-state index contributed by atoms with van der Waals surface area (Å²) >= 11 is 3.50. The van der Waals surface area contributed by atoms with Gasteiger partial charge in [-0.05, 0) is 30.0 Å². The maximum Gasteiger partial charge on any atom is 0.194 e. The molecule has 0 radical (unpaired) electrons. The second-order valence-electron chi connectivity index (χ2n) is 4.80. The molecule has 1 unspecified atom stereocenters. The van der Waals surface area contributed by atoms with Crippen LogP contribution in [0.3, 0.4) is 0 Å². The number of hydrogen-bond donors (Lipinski definition) is 1. The summed E-state index contributed by atoms with van der Waals surface area (Å²) in [7, 11) is 0. The molecule has 1 atom stereocenters. The van der Waals surface area contributed by atoms with Gasteiger partial charge in [-0.2, -0.15) is 0 Å². The molecule has 0 aliphatic heterocycles. The number of nitrogens with one attached hydrogen (secondary N) is 1. The van der Waals surface area contributed by atoms with Crippen LogP contribution in [0, 0.1) is 17.5 Å². The number of fused-ring (bicyclic) bond motifs is 1. The number of rotatable bonds is 2. The van der Waals surface area contributed by atoms with Gasteiger partial charge in [0, 0.05) is 22.3 Å². The van der Waals surface area contributed by atoms with Gasteiger partial charge in [-0.3, -0.25) is 0 Å². The molecule has 20 heavy (non-hydrogen) atoms. The minimum absolute atomic E-state index is 0.0215. The van der Waals surface area contributed by atoms with Gasteiger partial charge < -0.3 is 5.32 Å². The van der Waals surface area contributed by atoms with Gasteiger partial charge in [-0.25, -0.2) is 13.2 Å². The van der Waals surface area contributed by atoms with Crippen LogP contribution in [-0.2, 0) is 6.42 Å². The van der Waals surface area contributed by atoms with E-state index in [1.165, 1.54) is 5.56 Å². The predicted octanol–water partition coefficient (Wildman–Crippen LogP) is 4.97. The standard InChI is InChI=1S/C15H11BrF3N/c16-11-3-1-2-10-9(11)4-5-14(10)20-8-6-12(17)15(19)13(18)7-8/h1-3,6-7,14,20H,4-5H2. The Morgan fingerprint density at radius 2 is 1.80 bits per heavy atom. The Morgan fingerprint density at radius 3 is 2.50 bits per heavy atom. The molecule has 0 spiro atoms. The van der Waals surface area contributed by atoms with E-state index >= 15 is 0 Å². The first kappa shape index (κ1) is 13.5. The summed E-state index contributed by atoms with van der Waals surface area (Å²) < 4.78 is 40.4. The van der Waals surface area contributed by atoms with Gasteiger partial charge in [0.05, 0.1) is 6.04 Å². The average Bonchev–Trinajstić information content (AvgIpc) is 2.81. The first-order valence-corrected chi connectivity index (χ1v) is 7.04. The van der Waals surface area contributed by atoms with Crippen molar-refractivity contribution >= 4 is 21.6 Å². The van der Waals surface area contributed by atoms with E-state index in [4.69, 9.17) is 0 Å². The Balaban J connectivity index is 1.90. The summed E-state index contributed by atoms with van der Waals surface area (Å²) in [5.74, 6) is -3.80. The molecule has 1 aliphatic rings. The Morgan fingerprint density at radius 1 is 1.10 bits per heavy atom. The van der Waals surface area contributed by atoms with Crippen molar-refractivity contribution in [3.05, 3.63) is 63.4 Å². The molecule has 0 saturated heterocycles. The van der Waals surface area contributed by atoms with Crippen LogP contribution in [0.5, 0.6) is 0 Å². The number of benzene rings is 2. The monoisotopic (exact) mass is 341 g/mol. The Kier molecular flexibility index (Phi) is 3.46. The van der Waals surface area contributed by atoms with Crippen LogP contribution in [-0.4, -0.2) is 0 Å². The van der Waals surface area contributed by atoms with Gasteiger partial charge >= 0.3 is 0 Å². The zero-order valence-corrected chi connectivity index (χ0v) is 12.0. The molecule has 5 heteroatoms. The van der Waals surface area contributed by atoms with Crippen LogP contribution in [0.2, 0.25) is 0 Å². The second kappa shape index (κ2) is 5.13. The maximum absolute atomic E-state index is 13.2. The Hall–Kier alpha value is -1.49. The van der Waals surface area contributed by atoms with Crippen molar-refractivity contribution in [1.29, 1.82) is 0 Å². The number of hydrogen-bond acceptors (Lipinski definition) is 1. The lowest BCUT2D eigenvalue weighted by Crippen LogP contribution is -2.08. The van der Waals surface area contributed by atoms with E-state index in [9.17, 15) is 13.2 Å². The van der Waals surface area contributed by atoms with E-state index in [1.807, 2.05) is 18.2 Å². The van der Waals surface area contributed by atoms with Gasteiger partial charge in [0.1, 0.15) is 0 Å². The summed E-state index contributed by atoms with van der Waals surface area (Å²) in [5, 5.41) is 3.07. The maximum atomic E-state index is 13.2. The molecule has 1 nitrogen and oxygen atoms in total. The minimum Gasteiger partial charge on any atom is -0.378 e. The Labute approximate surface area is 122 Å². The first-order chi connectivity index (χ1) is 9.56. The highest BCUT2D eigenvalue weighted by atomic mass is 79.9. The van der Waals surface area contributed by atoms with Crippen molar-refractivity contribution in [2.75, 3.05) is 5.32 Å². The van der Waals surface area contributed by atoms with Gasteiger partial charge in [0.25, 0.3) is 0 Å². The smallest absolute Gasteiger partial charge is 0.194 e. The van der Waals surface area contributed by atoms with E-state index in [1.54, 1.807) is 0 Å². The number of anilines is 1. The predicted molar refractivity (Wildman–Crippen MR) is 75.1 cm³/mol. The van der Waals surface area contributed by atoms with Crippen LogP contribution in [0.1, 0.15) is 23.6 Å². The van der Waals surface area contributed by atoms with Gasteiger partial charge in [-0.1, -0.05) is 28.1 Å². The molecule has 104 valence electrons. The molecule has 1 N–H and O–H groups in total. The summed E-state index contributed by atoms with van der Waals surface area (Å²) in [6, 6.07) is 7.82. The highest BCUT2D eigenvalue weighted by Gasteiger charge is 2.24.